The van der Waals surface area contributed by atoms with E-state index >= 15 is 0 Å². The molecule has 0 aliphatic rings. The van der Waals surface area contributed by atoms with Gasteiger partial charge in [0.25, 0.3) is 0 Å². The predicted octanol–water partition coefficient (Wildman–Crippen LogP) is 1.50. The zero-order chi connectivity index (χ0) is 9.68. The molecule has 72 valence electrons. The molecule has 0 saturated carbocycles. The lowest BCUT2D eigenvalue weighted by molar-refractivity contribution is 0.620. The first-order valence-corrected chi connectivity index (χ1v) is 4.67. The standard InChI is InChI=1S/C10H17N3/c1-8(4-5-11-3)10-7-12-9(2)6-13-10/h6-8,11H,4-5H2,1-3H3. The Kier molecular flexibility index (Phi) is 3.83. The van der Waals surface area contributed by atoms with Crippen molar-refractivity contribution in [1.82, 2.24) is 15.3 Å². The molecule has 0 spiro atoms. The summed E-state index contributed by atoms with van der Waals surface area (Å²) in [5.74, 6) is 0.487. The quantitative estimate of drug-likeness (QED) is 0.761. The molecule has 1 heterocycles. The van der Waals surface area contributed by atoms with Crippen molar-refractivity contribution in [3.8, 4) is 0 Å². The molecule has 1 aromatic rings. The van der Waals surface area contributed by atoms with E-state index < -0.39 is 0 Å². The van der Waals surface area contributed by atoms with E-state index in [0.717, 1.165) is 24.4 Å². The normalized spacial score (nSPS) is 12.8. The molecule has 1 unspecified atom stereocenters. The molecular weight excluding hydrogens is 162 g/mol. The van der Waals surface area contributed by atoms with Crippen LogP contribution in [0, 0.1) is 6.92 Å². The van der Waals surface area contributed by atoms with Gasteiger partial charge in [-0.3, -0.25) is 9.97 Å². The maximum atomic E-state index is 4.34. The van der Waals surface area contributed by atoms with Crippen LogP contribution in [0.1, 0.15) is 30.7 Å². The third-order valence-electron chi connectivity index (χ3n) is 2.13. The van der Waals surface area contributed by atoms with Gasteiger partial charge in [0.1, 0.15) is 0 Å². The molecule has 13 heavy (non-hydrogen) atoms. The summed E-state index contributed by atoms with van der Waals surface area (Å²) in [6, 6.07) is 0. The summed E-state index contributed by atoms with van der Waals surface area (Å²) >= 11 is 0. The molecule has 0 saturated heterocycles. The van der Waals surface area contributed by atoms with Crippen molar-refractivity contribution < 1.29 is 0 Å². The van der Waals surface area contributed by atoms with Crippen molar-refractivity contribution in [1.29, 1.82) is 0 Å². The zero-order valence-corrected chi connectivity index (χ0v) is 8.54. The Labute approximate surface area is 79.6 Å². The minimum atomic E-state index is 0.487. The molecule has 1 aromatic heterocycles. The first kappa shape index (κ1) is 10.1. The van der Waals surface area contributed by atoms with Gasteiger partial charge in [0.05, 0.1) is 11.4 Å². The molecule has 0 fully saturated rings. The van der Waals surface area contributed by atoms with Crippen LogP contribution in [0.15, 0.2) is 12.4 Å². The second-order valence-electron chi connectivity index (χ2n) is 3.38. The van der Waals surface area contributed by atoms with E-state index in [1.807, 2.05) is 26.4 Å². The van der Waals surface area contributed by atoms with Gasteiger partial charge >= 0.3 is 0 Å². The SMILES string of the molecule is CNCCC(C)c1cnc(C)cn1. The Hall–Kier alpha value is -0.960. The van der Waals surface area contributed by atoms with Crippen molar-refractivity contribution in [2.75, 3.05) is 13.6 Å². The van der Waals surface area contributed by atoms with Gasteiger partial charge in [0.15, 0.2) is 0 Å². The molecule has 0 aromatic carbocycles. The van der Waals surface area contributed by atoms with E-state index in [0.29, 0.717) is 5.92 Å². The Morgan fingerprint density at radius 2 is 2.15 bits per heavy atom. The molecule has 0 bridgehead atoms. The van der Waals surface area contributed by atoms with Crippen LogP contribution in [0.25, 0.3) is 0 Å². The second kappa shape index (κ2) is 4.92. The Morgan fingerprint density at radius 1 is 1.38 bits per heavy atom. The summed E-state index contributed by atoms with van der Waals surface area (Å²) in [5, 5.41) is 3.13. The average Bonchev–Trinajstić information content (AvgIpc) is 2.15. The van der Waals surface area contributed by atoms with Gasteiger partial charge in [-0.05, 0) is 26.9 Å². The van der Waals surface area contributed by atoms with Gasteiger partial charge in [-0.25, -0.2) is 0 Å². The van der Waals surface area contributed by atoms with Crippen LogP contribution in [-0.4, -0.2) is 23.6 Å². The summed E-state index contributed by atoms with van der Waals surface area (Å²) in [5.41, 5.74) is 2.06. The number of aromatic nitrogens is 2. The third kappa shape index (κ3) is 3.11. The molecule has 3 nitrogen and oxygen atoms in total. The summed E-state index contributed by atoms with van der Waals surface area (Å²) in [6.45, 7) is 5.16. The van der Waals surface area contributed by atoms with Crippen LogP contribution < -0.4 is 5.32 Å². The van der Waals surface area contributed by atoms with E-state index in [2.05, 4.69) is 22.2 Å². The molecular formula is C10H17N3. The monoisotopic (exact) mass is 179 g/mol. The van der Waals surface area contributed by atoms with Crippen LogP contribution in [0.2, 0.25) is 0 Å². The molecule has 3 heteroatoms. The Balaban J connectivity index is 2.55. The minimum absolute atomic E-state index is 0.487. The van der Waals surface area contributed by atoms with E-state index in [4.69, 9.17) is 0 Å². The van der Waals surface area contributed by atoms with Crippen LogP contribution in [0.4, 0.5) is 0 Å². The van der Waals surface area contributed by atoms with Crippen molar-refractivity contribution in [2.24, 2.45) is 0 Å². The van der Waals surface area contributed by atoms with Crippen LogP contribution in [0.5, 0.6) is 0 Å². The highest BCUT2D eigenvalue weighted by Gasteiger charge is 2.05. The molecule has 0 aliphatic carbocycles. The van der Waals surface area contributed by atoms with Gasteiger partial charge in [-0.1, -0.05) is 6.92 Å². The van der Waals surface area contributed by atoms with E-state index in [1.54, 1.807) is 0 Å². The van der Waals surface area contributed by atoms with E-state index in [1.165, 1.54) is 0 Å². The number of nitrogens with one attached hydrogen (secondary N) is 1. The van der Waals surface area contributed by atoms with Crippen molar-refractivity contribution in [3.05, 3.63) is 23.8 Å². The molecule has 0 amide bonds. The maximum Gasteiger partial charge on any atom is 0.0615 e. The highest BCUT2D eigenvalue weighted by Crippen LogP contribution is 2.14. The highest BCUT2D eigenvalue weighted by molar-refractivity contribution is 5.05. The van der Waals surface area contributed by atoms with Gasteiger partial charge < -0.3 is 5.32 Å². The summed E-state index contributed by atoms with van der Waals surface area (Å²) in [7, 11) is 1.97. The van der Waals surface area contributed by atoms with Gasteiger partial charge in [0.2, 0.25) is 0 Å². The van der Waals surface area contributed by atoms with Gasteiger partial charge in [-0.2, -0.15) is 0 Å². The van der Waals surface area contributed by atoms with E-state index in [9.17, 15) is 0 Å². The number of nitrogens with zero attached hydrogens (tertiary/aromatic N) is 2. The lowest BCUT2D eigenvalue weighted by atomic mass is 10.0. The first-order valence-electron chi connectivity index (χ1n) is 4.67. The van der Waals surface area contributed by atoms with Gasteiger partial charge in [0, 0.05) is 18.3 Å². The average molecular weight is 179 g/mol. The fourth-order valence-electron chi connectivity index (χ4n) is 1.17. The molecule has 1 rings (SSSR count). The Morgan fingerprint density at radius 3 is 2.69 bits per heavy atom. The third-order valence-corrected chi connectivity index (χ3v) is 2.13. The summed E-state index contributed by atoms with van der Waals surface area (Å²) < 4.78 is 0. The molecule has 1 atom stereocenters. The topological polar surface area (TPSA) is 37.8 Å². The fraction of sp³-hybridized carbons (Fsp3) is 0.600. The zero-order valence-electron chi connectivity index (χ0n) is 8.54. The predicted molar refractivity (Wildman–Crippen MR) is 53.7 cm³/mol. The van der Waals surface area contributed by atoms with Crippen LogP contribution >= 0.6 is 0 Å². The lowest BCUT2D eigenvalue weighted by Crippen LogP contribution is -2.11. The highest BCUT2D eigenvalue weighted by atomic mass is 14.8. The van der Waals surface area contributed by atoms with Crippen LogP contribution in [0.3, 0.4) is 0 Å². The molecule has 1 N–H and O–H groups in total. The molecule has 0 aliphatic heterocycles. The number of rotatable bonds is 4. The summed E-state index contributed by atoms with van der Waals surface area (Å²) in [4.78, 5) is 8.57. The lowest BCUT2D eigenvalue weighted by Gasteiger charge is -2.09. The second-order valence-corrected chi connectivity index (χ2v) is 3.38. The number of hydrogen-bond acceptors (Lipinski definition) is 3. The van der Waals surface area contributed by atoms with Gasteiger partial charge in [-0.15, -0.1) is 0 Å². The summed E-state index contributed by atoms with van der Waals surface area (Å²) in [6.07, 6.45) is 4.80. The maximum absolute atomic E-state index is 4.34. The van der Waals surface area contributed by atoms with Crippen LogP contribution in [-0.2, 0) is 0 Å². The smallest absolute Gasteiger partial charge is 0.0615 e. The largest absolute Gasteiger partial charge is 0.320 e. The number of aryl methyl sites for hydroxylation is 1. The Bertz CT molecular complexity index is 243. The van der Waals surface area contributed by atoms with Crippen molar-refractivity contribution in [3.63, 3.8) is 0 Å². The van der Waals surface area contributed by atoms with Crippen molar-refractivity contribution in [2.45, 2.75) is 26.2 Å². The van der Waals surface area contributed by atoms with Crippen molar-refractivity contribution >= 4 is 0 Å². The molecule has 0 radical (unpaired) electrons. The van der Waals surface area contributed by atoms with E-state index in [-0.39, 0.29) is 0 Å². The minimum Gasteiger partial charge on any atom is -0.320 e. The fourth-order valence-corrected chi connectivity index (χ4v) is 1.17. The number of hydrogen-bond donors (Lipinski definition) is 1. The first-order chi connectivity index (χ1) is 6.24.